The number of hydrogen-bond acceptors (Lipinski definition) is 7. The maximum atomic E-state index is 12.7. The molecule has 0 aromatic carbocycles. The first kappa shape index (κ1) is 19.3. The summed E-state index contributed by atoms with van der Waals surface area (Å²) >= 11 is 0. The third kappa shape index (κ3) is 4.74. The molecule has 0 amide bonds. The largest absolute Gasteiger partial charge is 0.475 e. The molecule has 4 atom stereocenters. The summed E-state index contributed by atoms with van der Waals surface area (Å²) < 4.78 is 46.0. The first-order valence-electron chi connectivity index (χ1n) is 8.01. The van der Waals surface area contributed by atoms with Crippen LogP contribution < -0.4 is 0 Å². The van der Waals surface area contributed by atoms with E-state index in [2.05, 4.69) is 0 Å². The highest BCUT2D eigenvalue weighted by atomic mass is 31.2. The van der Waals surface area contributed by atoms with Gasteiger partial charge in [-0.25, -0.2) is 9.67 Å². The van der Waals surface area contributed by atoms with Gasteiger partial charge in [0.25, 0.3) is 0 Å². The molecule has 1 radical (unpaired) electrons. The van der Waals surface area contributed by atoms with Gasteiger partial charge in [-0.05, 0) is 40.5 Å². The van der Waals surface area contributed by atoms with Gasteiger partial charge < -0.3 is 14.2 Å². The molecule has 0 aromatic heterocycles. The summed E-state index contributed by atoms with van der Waals surface area (Å²) in [4.78, 5) is 0. The number of phosphoric acid groups is 1. The second-order valence-electron chi connectivity index (χ2n) is 5.84. The van der Waals surface area contributed by atoms with Gasteiger partial charge >= 0.3 is 7.82 Å². The molecule has 0 unspecified atom stereocenters. The van der Waals surface area contributed by atoms with Crippen molar-refractivity contribution in [1.29, 1.82) is 0 Å². The quantitative estimate of drug-likeness (QED) is 0.588. The van der Waals surface area contributed by atoms with Crippen LogP contribution in [0.2, 0.25) is 0 Å². The lowest BCUT2D eigenvalue weighted by Crippen LogP contribution is -2.36. The van der Waals surface area contributed by atoms with E-state index in [0.29, 0.717) is 12.8 Å². The predicted molar refractivity (Wildman–Crippen MR) is 79.2 cm³/mol. The maximum Gasteiger partial charge on any atom is 0.475 e. The van der Waals surface area contributed by atoms with Gasteiger partial charge in [0, 0.05) is 0 Å². The van der Waals surface area contributed by atoms with Crippen molar-refractivity contribution in [3.63, 3.8) is 0 Å². The molecule has 0 spiro atoms. The number of rotatable bonds is 9. The van der Waals surface area contributed by atoms with Crippen LogP contribution in [0.1, 0.15) is 40.5 Å². The average molecular weight is 353 g/mol. The van der Waals surface area contributed by atoms with Gasteiger partial charge in [-0.3, -0.25) is 13.6 Å². The highest BCUT2D eigenvalue weighted by molar-refractivity contribution is 7.48. The van der Waals surface area contributed by atoms with Crippen molar-refractivity contribution in [2.45, 2.75) is 70.9 Å². The van der Waals surface area contributed by atoms with E-state index in [0.717, 1.165) is 0 Å². The van der Waals surface area contributed by atoms with E-state index in [9.17, 15) is 9.67 Å². The molecule has 23 heavy (non-hydrogen) atoms. The topological polar surface area (TPSA) is 92.4 Å². The third-order valence-electron chi connectivity index (χ3n) is 3.55. The van der Waals surface area contributed by atoms with Crippen molar-refractivity contribution < 1.29 is 37.5 Å². The molecular weight excluding hydrogens is 327 g/mol. The van der Waals surface area contributed by atoms with E-state index < -0.39 is 38.2 Å². The van der Waals surface area contributed by atoms with E-state index >= 15 is 0 Å². The number of hydrogen-bond donors (Lipinski definition) is 0. The Morgan fingerprint density at radius 3 is 2.35 bits per heavy atom. The molecule has 8 nitrogen and oxygen atoms in total. The van der Waals surface area contributed by atoms with Gasteiger partial charge in [-0.15, -0.1) is 0 Å². The second-order valence-corrected chi connectivity index (χ2v) is 7.46. The number of phosphoric ester groups is 1. The minimum atomic E-state index is -3.72. The Labute approximate surface area is 136 Å². The van der Waals surface area contributed by atoms with Crippen LogP contribution in [0.4, 0.5) is 0 Å². The van der Waals surface area contributed by atoms with Gasteiger partial charge in [-0.2, -0.15) is 0 Å². The molecule has 2 aliphatic heterocycles. The van der Waals surface area contributed by atoms with Crippen LogP contribution in [0, 0.1) is 0 Å². The number of fused-ring (bicyclic) bond motifs is 1. The Kier molecular flexibility index (Phi) is 6.61. The Morgan fingerprint density at radius 2 is 1.78 bits per heavy atom. The molecule has 2 saturated heterocycles. The molecule has 2 aliphatic rings. The minimum Gasteiger partial charge on any atom is -0.344 e. The van der Waals surface area contributed by atoms with Crippen LogP contribution in [0.5, 0.6) is 0 Å². The van der Waals surface area contributed by atoms with Crippen LogP contribution in [-0.4, -0.2) is 50.2 Å². The number of ether oxygens (including phenoxy) is 3. The van der Waals surface area contributed by atoms with Crippen LogP contribution in [0.25, 0.3) is 0 Å². The minimum absolute atomic E-state index is 0.188. The summed E-state index contributed by atoms with van der Waals surface area (Å²) in [6, 6.07) is 0. The van der Waals surface area contributed by atoms with E-state index in [-0.39, 0.29) is 19.8 Å². The lowest BCUT2D eigenvalue weighted by atomic mass is 10.1. The molecule has 135 valence electrons. The van der Waals surface area contributed by atoms with E-state index in [4.69, 9.17) is 27.8 Å². The van der Waals surface area contributed by atoms with Crippen LogP contribution in [-0.2, 0) is 37.5 Å². The molecule has 0 saturated carbocycles. The highest BCUT2D eigenvalue weighted by Gasteiger charge is 2.57. The fourth-order valence-electron chi connectivity index (χ4n) is 2.75. The monoisotopic (exact) mass is 353 g/mol. The fraction of sp³-hybridized carbons (Fsp3) is 1.00. The van der Waals surface area contributed by atoms with Gasteiger partial charge in [0.2, 0.25) is 0 Å². The van der Waals surface area contributed by atoms with Gasteiger partial charge in [0.1, 0.15) is 12.2 Å². The summed E-state index contributed by atoms with van der Waals surface area (Å²) in [7, 11) is -3.72. The van der Waals surface area contributed by atoms with Crippen molar-refractivity contribution in [2.75, 3.05) is 19.8 Å². The summed E-state index contributed by atoms with van der Waals surface area (Å²) in [6.45, 7) is 7.10. The summed E-state index contributed by atoms with van der Waals surface area (Å²) in [5, 5.41) is 10.8. The van der Waals surface area contributed by atoms with Gasteiger partial charge in [0.15, 0.2) is 12.1 Å². The molecule has 2 fully saturated rings. The Hall–Kier alpha value is -0.0500. The normalized spacial score (nSPS) is 33.1. The molecular formula is C14H26O8P. The van der Waals surface area contributed by atoms with Crippen molar-refractivity contribution in [3.05, 3.63) is 0 Å². The standard InChI is InChI=1S/C14H26O8P/c1-5-17-23(16,18-6-2)22-11-10(8-7-9-15)19-13-12(11)20-14(3,4)21-13/h10-13H,5-9H2,1-4H3/t10-,11+,12-,13-/m1/s1. The van der Waals surface area contributed by atoms with Crippen molar-refractivity contribution in [2.24, 2.45) is 0 Å². The van der Waals surface area contributed by atoms with Crippen molar-refractivity contribution in [3.8, 4) is 0 Å². The molecule has 9 heteroatoms. The molecule has 0 N–H and O–H groups in total. The Bertz CT molecular complexity index is 419. The lowest BCUT2D eigenvalue weighted by Gasteiger charge is -2.28. The Balaban J connectivity index is 2.13. The van der Waals surface area contributed by atoms with Crippen LogP contribution >= 0.6 is 7.82 Å². The summed E-state index contributed by atoms with van der Waals surface area (Å²) in [5.41, 5.74) is 0. The molecule has 0 bridgehead atoms. The Morgan fingerprint density at radius 1 is 1.13 bits per heavy atom. The zero-order chi connectivity index (χ0) is 17.1. The average Bonchev–Trinajstić information content (AvgIpc) is 2.90. The third-order valence-corrected chi connectivity index (χ3v) is 5.20. The maximum absolute atomic E-state index is 12.7. The predicted octanol–water partition coefficient (Wildman–Crippen LogP) is 2.64. The first-order valence-corrected chi connectivity index (χ1v) is 9.47. The molecule has 0 aromatic rings. The van der Waals surface area contributed by atoms with Gasteiger partial charge in [-0.1, -0.05) is 0 Å². The first-order chi connectivity index (χ1) is 10.8. The fourth-order valence-corrected chi connectivity index (χ4v) is 4.14. The van der Waals surface area contributed by atoms with E-state index in [1.54, 1.807) is 27.7 Å². The second kappa shape index (κ2) is 7.89. The van der Waals surface area contributed by atoms with Crippen LogP contribution in [0.3, 0.4) is 0 Å². The van der Waals surface area contributed by atoms with E-state index in [1.807, 2.05) is 0 Å². The SMILES string of the molecule is CCOP(=O)(OCC)O[C@@H]1[C@H]2OC(C)(C)O[C@H]2O[C@@H]1CCC[O]. The highest BCUT2D eigenvalue weighted by Crippen LogP contribution is 2.54. The van der Waals surface area contributed by atoms with Crippen molar-refractivity contribution >= 4 is 7.82 Å². The zero-order valence-corrected chi connectivity index (χ0v) is 15.0. The zero-order valence-electron chi connectivity index (χ0n) is 14.1. The summed E-state index contributed by atoms with van der Waals surface area (Å²) in [5.74, 6) is -0.818. The molecule has 2 rings (SSSR count). The summed E-state index contributed by atoms with van der Waals surface area (Å²) in [6.07, 6.45) is -1.42. The smallest absolute Gasteiger partial charge is 0.344 e. The van der Waals surface area contributed by atoms with Crippen LogP contribution in [0.15, 0.2) is 0 Å². The molecule has 0 aliphatic carbocycles. The lowest BCUT2D eigenvalue weighted by molar-refractivity contribution is -0.215. The van der Waals surface area contributed by atoms with Crippen molar-refractivity contribution in [1.82, 2.24) is 0 Å². The van der Waals surface area contributed by atoms with E-state index in [1.165, 1.54) is 0 Å². The van der Waals surface area contributed by atoms with Gasteiger partial charge in [0.05, 0.1) is 25.9 Å². The molecule has 2 heterocycles.